The third-order valence-corrected chi connectivity index (χ3v) is 2.73. The molecule has 2 aromatic heterocycles. The summed E-state index contributed by atoms with van der Waals surface area (Å²) in [5.41, 5.74) is 1.22. The molecule has 0 radical (unpaired) electrons. The Bertz CT molecular complexity index is 774. The molecule has 1 amide bonds. The fourth-order valence-corrected chi connectivity index (χ4v) is 1.87. The molecule has 3 aromatic rings. The molecule has 6 heteroatoms. The van der Waals surface area contributed by atoms with Crippen LogP contribution in [0.5, 0.6) is 5.75 Å². The van der Waals surface area contributed by atoms with Gasteiger partial charge in [-0.1, -0.05) is 6.07 Å². The number of nitrogens with one attached hydrogen (secondary N) is 1. The molecule has 2 heterocycles. The number of carbonyl (C=O) groups is 1. The van der Waals surface area contributed by atoms with Gasteiger partial charge in [-0.2, -0.15) is 0 Å². The number of fused-ring (bicyclic) bond motifs is 1. The molecule has 20 heavy (non-hydrogen) atoms. The average Bonchev–Trinajstić information content (AvgIpc) is 2.48. The SMILES string of the molecule is O=C(Nc1cc(O)cc2cccnc12)c1cnccn1. The molecule has 0 unspecified atom stereocenters. The van der Waals surface area contributed by atoms with Crippen molar-refractivity contribution >= 4 is 22.5 Å². The summed E-state index contributed by atoms with van der Waals surface area (Å²) in [6, 6.07) is 6.60. The zero-order valence-corrected chi connectivity index (χ0v) is 10.3. The number of amides is 1. The first kappa shape index (κ1) is 12.0. The molecule has 0 aliphatic rings. The predicted octanol–water partition coefficient (Wildman–Crippen LogP) is 1.98. The first-order chi connectivity index (χ1) is 9.74. The predicted molar refractivity (Wildman–Crippen MR) is 73.4 cm³/mol. The maximum atomic E-state index is 12.0. The fourth-order valence-electron chi connectivity index (χ4n) is 1.87. The number of anilines is 1. The van der Waals surface area contributed by atoms with E-state index in [1.54, 1.807) is 24.4 Å². The van der Waals surface area contributed by atoms with Crippen LogP contribution in [0.3, 0.4) is 0 Å². The summed E-state index contributed by atoms with van der Waals surface area (Å²) in [7, 11) is 0. The number of hydrogen-bond acceptors (Lipinski definition) is 5. The van der Waals surface area contributed by atoms with Crippen LogP contribution in [-0.2, 0) is 0 Å². The van der Waals surface area contributed by atoms with Crippen molar-refractivity contribution in [3.63, 3.8) is 0 Å². The number of rotatable bonds is 2. The zero-order chi connectivity index (χ0) is 13.9. The summed E-state index contributed by atoms with van der Waals surface area (Å²) in [6.07, 6.45) is 5.92. The maximum Gasteiger partial charge on any atom is 0.275 e. The van der Waals surface area contributed by atoms with Crippen molar-refractivity contribution in [2.45, 2.75) is 0 Å². The van der Waals surface area contributed by atoms with Crippen LogP contribution in [0.4, 0.5) is 5.69 Å². The van der Waals surface area contributed by atoms with E-state index < -0.39 is 5.91 Å². The minimum absolute atomic E-state index is 0.0555. The number of carbonyl (C=O) groups excluding carboxylic acids is 1. The van der Waals surface area contributed by atoms with E-state index >= 15 is 0 Å². The van der Waals surface area contributed by atoms with Gasteiger partial charge >= 0.3 is 0 Å². The Morgan fingerprint density at radius 2 is 2.05 bits per heavy atom. The monoisotopic (exact) mass is 266 g/mol. The van der Waals surface area contributed by atoms with Crippen LogP contribution in [0.1, 0.15) is 10.5 Å². The van der Waals surface area contributed by atoms with Crippen LogP contribution in [0.2, 0.25) is 0 Å². The third kappa shape index (κ3) is 2.26. The van der Waals surface area contributed by atoms with Crippen molar-refractivity contribution < 1.29 is 9.90 Å². The number of aromatic hydroxyl groups is 1. The van der Waals surface area contributed by atoms with Crippen LogP contribution in [-0.4, -0.2) is 26.0 Å². The Balaban J connectivity index is 2.01. The van der Waals surface area contributed by atoms with E-state index in [4.69, 9.17) is 0 Å². The van der Waals surface area contributed by atoms with Gasteiger partial charge in [-0.05, 0) is 12.1 Å². The molecule has 0 bridgehead atoms. The number of nitrogens with zero attached hydrogens (tertiary/aromatic N) is 3. The first-order valence-electron chi connectivity index (χ1n) is 5.89. The number of hydrogen-bond donors (Lipinski definition) is 2. The molecular weight excluding hydrogens is 256 g/mol. The lowest BCUT2D eigenvalue weighted by molar-refractivity contribution is 0.102. The van der Waals surface area contributed by atoms with Gasteiger partial charge in [0.2, 0.25) is 0 Å². The Hall–Kier alpha value is -3.02. The van der Waals surface area contributed by atoms with Crippen molar-refractivity contribution in [3.05, 3.63) is 54.7 Å². The molecule has 3 rings (SSSR count). The van der Waals surface area contributed by atoms with Crippen molar-refractivity contribution in [2.75, 3.05) is 5.32 Å². The minimum Gasteiger partial charge on any atom is -0.508 e. The highest BCUT2D eigenvalue weighted by molar-refractivity contribution is 6.07. The van der Waals surface area contributed by atoms with Gasteiger partial charge in [0.25, 0.3) is 5.91 Å². The van der Waals surface area contributed by atoms with Crippen LogP contribution in [0.25, 0.3) is 10.9 Å². The second-order valence-corrected chi connectivity index (χ2v) is 4.11. The van der Waals surface area contributed by atoms with E-state index in [9.17, 15) is 9.90 Å². The van der Waals surface area contributed by atoms with E-state index in [1.807, 2.05) is 0 Å². The maximum absolute atomic E-state index is 12.0. The molecule has 0 atom stereocenters. The summed E-state index contributed by atoms with van der Waals surface area (Å²) < 4.78 is 0. The van der Waals surface area contributed by atoms with Gasteiger partial charge in [0.1, 0.15) is 11.4 Å². The first-order valence-corrected chi connectivity index (χ1v) is 5.89. The molecular formula is C14H10N4O2. The smallest absolute Gasteiger partial charge is 0.275 e. The molecule has 0 aliphatic carbocycles. The Labute approximate surface area is 114 Å². The highest BCUT2D eigenvalue weighted by Crippen LogP contribution is 2.27. The molecule has 0 saturated heterocycles. The van der Waals surface area contributed by atoms with Crippen molar-refractivity contribution in [1.82, 2.24) is 15.0 Å². The second kappa shape index (κ2) is 4.93. The summed E-state index contributed by atoms with van der Waals surface area (Å²) in [5, 5.41) is 13.1. The normalized spacial score (nSPS) is 10.4. The summed E-state index contributed by atoms with van der Waals surface area (Å²) in [6.45, 7) is 0. The fraction of sp³-hybridized carbons (Fsp3) is 0. The van der Waals surface area contributed by atoms with Gasteiger partial charge in [0, 0.05) is 30.0 Å². The lowest BCUT2D eigenvalue weighted by Crippen LogP contribution is -2.14. The largest absolute Gasteiger partial charge is 0.508 e. The van der Waals surface area contributed by atoms with E-state index in [0.29, 0.717) is 11.2 Å². The van der Waals surface area contributed by atoms with Crippen LogP contribution >= 0.6 is 0 Å². The van der Waals surface area contributed by atoms with Crippen molar-refractivity contribution in [3.8, 4) is 5.75 Å². The lowest BCUT2D eigenvalue weighted by atomic mass is 10.1. The number of benzene rings is 1. The number of phenolic OH excluding ortho intramolecular Hbond substituents is 1. The lowest BCUT2D eigenvalue weighted by Gasteiger charge is -2.08. The van der Waals surface area contributed by atoms with Gasteiger partial charge in [-0.25, -0.2) is 4.98 Å². The topological polar surface area (TPSA) is 88.0 Å². The molecule has 0 spiro atoms. The number of phenols is 1. The zero-order valence-electron chi connectivity index (χ0n) is 10.3. The molecule has 0 aliphatic heterocycles. The third-order valence-electron chi connectivity index (χ3n) is 2.73. The molecule has 0 saturated carbocycles. The van der Waals surface area contributed by atoms with E-state index in [2.05, 4.69) is 20.3 Å². The van der Waals surface area contributed by atoms with Crippen molar-refractivity contribution in [2.24, 2.45) is 0 Å². The standard InChI is InChI=1S/C14H10N4O2/c19-10-6-9-2-1-3-17-13(9)11(7-10)18-14(20)12-8-15-4-5-16-12/h1-8,19H,(H,18,20). The summed E-state index contributed by atoms with van der Waals surface area (Å²) >= 11 is 0. The molecule has 1 aromatic carbocycles. The number of aromatic nitrogens is 3. The van der Waals surface area contributed by atoms with Crippen LogP contribution in [0, 0.1) is 0 Å². The Kier molecular flexibility index (Phi) is 2.96. The molecule has 6 nitrogen and oxygen atoms in total. The Morgan fingerprint density at radius 3 is 2.85 bits per heavy atom. The van der Waals surface area contributed by atoms with Gasteiger partial charge in [0.05, 0.1) is 17.4 Å². The van der Waals surface area contributed by atoms with Gasteiger partial charge in [0.15, 0.2) is 0 Å². The number of pyridine rings is 1. The molecule has 2 N–H and O–H groups in total. The van der Waals surface area contributed by atoms with Gasteiger partial charge in [-0.3, -0.25) is 14.8 Å². The van der Waals surface area contributed by atoms with Crippen LogP contribution < -0.4 is 5.32 Å². The quantitative estimate of drug-likeness (QED) is 0.740. The van der Waals surface area contributed by atoms with Crippen molar-refractivity contribution in [1.29, 1.82) is 0 Å². The Morgan fingerprint density at radius 1 is 1.15 bits per heavy atom. The second-order valence-electron chi connectivity index (χ2n) is 4.11. The van der Waals surface area contributed by atoms with E-state index in [-0.39, 0.29) is 11.4 Å². The molecule has 0 fully saturated rings. The highest BCUT2D eigenvalue weighted by atomic mass is 16.3. The summed E-state index contributed by atoms with van der Waals surface area (Å²) in [5.74, 6) is -0.351. The van der Waals surface area contributed by atoms with Crippen LogP contribution in [0.15, 0.2) is 49.1 Å². The van der Waals surface area contributed by atoms with Gasteiger partial charge in [-0.15, -0.1) is 0 Å². The summed E-state index contributed by atoms with van der Waals surface area (Å²) in [4.78, 5) is 24.0. The van der Waals surface area contributed by atoms with E-state index in [0.717, 1.165) is 5.39 Å². The average molecular weight is 266 g/mol. The van der Waals surface area contributed by atoms with Gasteiger partial charge < -0.3 is 10.4 Å². The molecule has 98 valence electrons. The highest BCUT2D eigenvalue weighted by Gasteiger charge is 2.11. The van der Waals surface area contributed by atoms with E-state index in [1.165, 1.54) is 24.7 Å². The minimum atomic E-state index is -0.407.